The summed E-state index contributed by atoms with van der Waals surface area (Å²) in [6, 6.07) is -0.490. The summed E-state index contributed by atoms with van der Waals surface area (Å²) in [7, 11) is 1.72. The number of methoxy groups -OCH3 is 1. The fourth-order valence-corrected chi connectivity index (χ4v) is 3.47. The van der Waals surface area contributed by atoms with Crippen LogP contribution in [0.2, 0.25) is 0 Å². The van der Waals surface area contributed by atoms with E-state index in [1.165, 1.54) is 0 Å². The van der Waals surface area contributed by atoms with Crippen molar-refractivity contribution in [3.63, 3.8) is 0 Å². The minimum absolute atomic E-state index is 0.00594. The van der Waals surface area contributed by atoms with Crippen molar-refractivity contribution in [1.82, 2.24) is 10.2 Å². The quantitative estimate of drug-likeness (QED) is 0.830. The molecule has 0 radical (unpaired) electrons. The summed E-state index contributed by atoms with van der Waals surface area (Å²) in [5.41, 5.74) is 0. The van der Waals surface area contributed by atoms with E-state index in [1.54, 1.807) is 7.11 Å². The Kier molecular flexibility index (Phi) is 5.02. The molecule has 1 aliphatic heterocycles. The van der Waals surface area contributed by atoms with Crippen LogP contribution in [0.25, 0.3) is 0 Å². The lowest BCUT2D eigenvalue weighted by molar-refractivity contribution is -0.152. The first-order valence-electron chi connectivity index (χ1n) is 7.77. The van der Waals surface area contributed by atoms with Gasteiger partial charge in [0.1, 0.15) is 12.1 Å². The smallest absolute Gasteiger partial charge is 0.246 e. The normalized spacial score (nSPS) is 34.5. The maximum Gasteiger partial charge on any atom is 0.246 e. The molecule has 5 nitrogen and oxygen atoms in total. The molecule has 2 fully saturated rings. The third-order valence-corrected chi connectivity index (χ3v) is 4.56. The number of rotatable bonds is 5. The van der Waals surface area contributed by atoms with Crippen molar-refractivity contribution in [3.8, 4) is 0 Å². The van der Waals surface area contributed by atoms with Crippen LogP contribution in [0.5, 0.6) is 0 Å². The van der Waals surface area contributed by atoms with E-state index >= 15 is 0 Å². The molecule has 1 N–H and O–H groups in total. The van der Waals surface area contributed by atoms with Gasteiger partial charge in [-0.1, -0.05) is 20.3 Å². The average molecular weight is 282 g/mol. The summed E-state index contributed by atoms with van der Waals surface area (Å²) in [4.78, 5) is 26.8. The van der Waals surface area contributed by atoms with Crippen molar-refractivity contribution >= 4 is 11.8 Å². The molecule has 2 aliphatic rings. The van der Waals surface area contributed by atoms with Gasteiger partial charge in [-0.05, 0) is 32.1 Å². The van der Waals surface area contributed by atoms with Gasteiger partial charge in [0, 0.05) is 13.2 Å². The average Bonchev–Trinajstić information content (AvgIpc) is 2.90. The van der Waals surface area contributed by atoms with Gasteiger partial charge in [-0.15, -0.1) is 0 Å². The number of hydrogen-bond acceptors (Lipinski definition) is 3. The Balaban J connectivity index is 2.16. The first-order valence-corrected chi connectivity index (χ1v) is 7.77. The fraction of sp³-hybridized carbons (Fsp3) is 0.867. The number of nitrogens with one attached hydrogen (secondary N) is 1. The predicted octanol–water partition coefficient (Wildman–Crippen LogP) is 1.46. The van der Waals surface area contributed by atoms with Crippen LogP contribution in [0.15, 0.2) is 0 Å². The van der Waals surface area contributed by atoms with Gasteiger partial charge < -0.3 is 15.0 Å². The Morgan fingerprint density at radius 1 is 1.30 bits per heavy atom. The number of nitrogens with zero attached hydrogens (tertiary/aromatic N) is 1. The highest BCUT2D eigenvalue weighted by molar-refractivity contribution is 5.97. The molecule has 0 bridgehead atoms. The molecule has 0 aromatic rings. The van der Waals surface area contributed by atoms with Crippen LogP contribution in [0.4, 0.5) is 0 Å². The molecular formula is C15H26N2O3. The Labute approximate surface area is 121 Å². The fourth-order valence-electron chi connectivity index (χ4n) is 3.47. The molecule has 0 spiro atoms. The van der Waals surface area contributed by atoms with Gasteiger partial charge in [0.2, 0.25) is 11.8 Å². The van der Waals surface area contributed by atoms with Crippen molar-refractivity contribution in [2.24, 2.45) is 0 Å². The van der Waals surface area contributed by atoms with Crippen molar-refractivity contribution in [1.29, 1.82) is 0 Å². The molecule has 2 amide bonds. The molecule has 2 rings (SSSR count). The second-order valence-electron chi connectivity index (χ2n) is 5.84. The summed E-state index contributed by atoms with van der Waals surface area (Å²) in [5, 5.41) is 2.89. The molecule has 1 saturated heterocycles. The van der Waals surface area contributed by atoms with Gasteiger partial charge in [0.25, 0.3) is 0 Å². The zero-order valence-corrected chi connectivity index (χ0v) is 12.7. The van der Waals surface area contributed by atoms with Crippen LogP contribution in [0.3, 0.4) is 0 Å². The largest absolute Gasteiger partial charge is 0.381 e. The lowest BCUT2D eigenvalue weighted by Crippen LogP contribution is -2.65. The zero-order chi connectivity index (χ0) is 14.7. The second kappa shape index (κ2) is 6.57. The van der Waals surface area contributed by atoms with Gasteiger partial charge in [0.15, 0.2) is 0 Å². The van der Waals surface area contributed by atoms with E-state index in [4.69, 9.17) is 4.74 Å². The van der Waals surface area contributed by atoms with E-state index in [0.717, 1.165) is 32.1 Å². The molecule has 1 heterocycles. The molecule has 4 atom stereocenters. The van der Waals surface area contributed by atoms with Crippen LogP contribution < -0.4 is 5.32 Å². The first-order chi connectivity index (χ1) is 9.62. The van der Waals surface area contributed by atoms with Gasteiger partial charge in [-0.2, -0.15) is 0 Å². The van der Waals surface area contributed by atoms with E-state index < -0.39 is 0 Å². The van der Waals surface area contributed by atoms with E-state index in [2.05, 4.69) is 5.32 Å². The van der Waals surface area contributed by atoms with Crippen LogP contribution >= 0.6 is 0 Å². The summed E-state index contributed by atoms with van der Waals surface area (Å²) in [6.45, 7) is 4.00. The van der Waals surface area contributed by atoms with E-state index in [9.17, 15) is 9.59 Å². The topological polar surface area (TPSA) is 58.6 Å². The number of amides is 2. The predicted molar refractivity (Wildman–Crippen MR) is 76.2 cm³/mol. The Morgan fingerprint density at radius 2 is 2.05 bits per heavy atom. The first kappa shape index (κ1) is 15.3. The maximum absolute atomic E-state index is 12.7. The third-order valence-electron chi connectivity index (χ3n) is 4.56. The lowest BCUT2D eigenvalue weighted by atomic mass is 9.99. The summed E-state index contributed by atoms with van der Waals surface area (Å²) in [6.07, 6.45) is 5.27. The molecule has 1 saturated carbocycles. The van der Waals surface area contributed by atoms with Crippen molar-refractivity contribution in [2.45, 2.75) is 76.6 Å². The van der Waals surface area contributed by atoms with Gasteiger partial charge >= 0.3 is 0 Å². The Hall–Kier alpha value is -1.10. The lowest BCUT2D eigenvalue weighted by Gasteiger charge is -2.42. The van der Waals surface area contributed by atoms with Crippen molar-refractivity contribution < 1.29 is 14.3 Å². The number of ether oxygens (including phenoxy) is 1. The van der Waals surface area contributed by atoms with Crippen LogP contribution in [0, 0.1) is 0 Å². The summed E-state index contributed by atoms with van der Waals surface area (Å²) < 4.78 is 5.40. The van der Waals surface area contributed by atoms with Crippen molar-refractivity contribution in [3.05, 3.63) is 0 Å². The molecule has 4 unspecified atom stereocenters. The molecule has 0 aromatic heterocycles. The Morgan fingerprint density at radius 3 is 2.60 bits per heavy atom. The SMILES string of the molecule is CCCC1NC(=O)C(CC)N(C2CCC(OC)C2)C1=O. The summed E-state index contributed by atoms with van der Waals surface area (Å²) >= 11 is 0. The molecule has 0 aromatic carbocycles. The molecular weight excluding hydrogens is 256 g/mol. The minimum atomic E-state index is -0.336. The second-order valence-corrected chi connectivity index (χ2v) is 5.84. The maximum atomic E-state index is 12.7. The van der Waals surface area contributed by atoms with E-state index in [0.29, 0.717) is 6.42 Å². The number of hydrogen-bond donors (Lipinski definition) is 1. The molecule has 5 heteroatoms. The van der Waals surface area contributed by atoms with Crippen LogP contribution in [-0.4, -0.2) is 48.1 Å². The highest BCUT2D eigenvalue weighted by Gasteiger charge is 2.44. The van der Waals surface area contributed by atoms with E-state index in [1.807, 2.05) is 18.7 Å². The van der Waals surface area contributed by atoms with Gasteiger partial charge in [-0.25, -0.2) is 0 Å². The molecule has 20 heavy (non-hydrogen) atoms. The number of carbonyl (C=O) groups is 2. The molecule has 1 aliphatic carbocycles. The van der Waals surface area contributed by atoms with Crippen LogP contribution in [0.1, 0.15) is 52.4 Å². The standard InChI is InChI=1S/C15H26N2O3/c1-4-6-12-15(19)17(13(5-2)14(18)16-12)10-7-8-11(9-10)20-3/h10-13H,4-9H2,1-3H3,(H,16,18). The highest BCUT2D eigenvalue weighted by atomic mass is 16.5. The Bertz CT molecular complexity index is 372. The minimum Gasteiger partial charge on any atom is -0.381 e. The number of carbonyl (C=O) groups excluding carboxylic acids is 2. The zero-order valence-electron chi connectivity index (χ0n) is 12.7. The monoisotopic (exact) mass is 282 g/mol. The van der Waals surface area contributed by atoms with E-state index in [-0.39, 0.29) is 36.0 Å². The summed E-state index contributed by atoms with van der Waals surface area (Å²) in [5.74, 6) is 0.103. The van der Waals surface area contributed by atoms with Crippen molar-refractivity contribution in [2.75, 3.05) is 7.11 Å². The van der Waals surface area contributed by atoms with Crippen LogP contribution in [-0.2, 0) is 14.3 Å². The number of piperazine rings is 1. The molecule has 114 valence electrons. The van der Waals surface area contributed by atoms with Gasteiger partial charge in [0.05, 0.1) is 6.10 Å². The van der Waals surface area contributed by atoms with Gasteiger partial charge in [-0.3, -0.25) is 9.59 Å². The highest BCUT2D eigenvalue weighted by Crippen LogP contribution is 2.30. The third kappa shape index (κ3) is 2.82.